The second-order valence-corrected chi connectivity index (χ2v) is 6.73. The van der Waals surface area contributed by atoms with Crippen molar-refractivity contribution >= 4 is 22.5 Å². The van der Waals surface area contributed by atoms with Crippen LogP contribution in [0.3, 0.4) is 0 Å². The van der Waals surface area contributed by atoms with E-state index in [0.717, 1.165) is 48.2 Å². The quantitative estimate of drug-likeness (QED) is 0.792. The van der Waals surface area contributed by atoms with Gasteiger partial charge < -0.3 is 15.5 Å². The molecule has 0 spiro atoms. The lowest BCUT2D eigenvalue weighted by Crippen LogP contribution is -2.45. The van der Waals surface area contributed by atoms with Crippen LogP contribution < -0.4 is 10.6 Å². The third-order valence-electron chi connectivity index (χ3n) is 4.99. The van der Waals surface area contributed by atoms with Gasteiger partial charge in [-0.05, 0) is 7.05 Å². The average molecular weight is 346 g/mol. The molecule has 0 radical (unpaired) electrons. The largest absolute Gasteiger partial charge is 0.365 e. The molecule has 3 aromatic rings. The molecule has 0 aliphatic carbocycles. The summed E-state index contributed by atoms with van der Waals surface area (Å²) in [7, 11) is 2.11. The van der Waals surface area contributed by atoms with E-state index < -0.39 is 5.91 Å². The van der Waals surface area contributed by atoms with Crippen molar-refractivity contribution < 1.29 is 4.79 Å². The standard InChI is InChI=1S/C21H22N4O/c1-24-11-13-25(14-12-24)21-18(20(22)26)16-9-5-6-10-17(16)19(23-21)15-7-3-2-4-8-15/h2-10H,11-14H2,1H3,(H2,22,26). The van der Waals surface area contributed by atoms with Crippen molar-refractivity contribution in [2.24, 2.45) is 5.73 Å². The number of anilines is 1. The zero-order valence-electron chi connectivity index (χ0n) is 14.9. The van der Waals surface area contributed by atoms with Gasteiger partial charge in [-0.15, -0.1) is 0 Å². The van der Waals surface area contributed by atoms with Gasteiger partial charge >= 0.3 is 0 Å². The molecule has 2 heterocycles. The molecule has 2 N–H and O–H groups in total. The Kier molecular flexibility index (Phi) is 4.31. The normalized spacial score (nSPS) is 15.3. The third kappa shape index (κ3) is 2.91. The summed E-state index contributed by atoms with van der Waals surface area (Å²) in [5.41, 5.74) is 8.23. The van der Waals surface area contributed by atoms with Gasteiger partial charge in [0.1, 0.15) is 5.82 Å². The summed E-state index contributed by atoms with van der Waals surface area (Å²) in [6, 6.07) is 18.0. The van der Waals surface area contributed by atoms with Crippen molar-refractivity contribution in [2.75, 3.05) is 38.1 Å². The SMILES string of the molecule is CN1CCN(c2nc(-c3ccccc3)c3ccccc3c2C(N)=O)CC1. The number of benzene rings is 2. The van der Waals surface area contributed by atoms with E-state index in [4.69, 9.17) is 10.7 Å². The number of nitrogens with two attached hydrogens (primary N) is 1. The zero-order chi connectivity index (χ0) is 18.1. The zero-order valence-corrected chi connectivity index (χ0v) is 14.9. The number of nitrogens with zero attached hydrogens (tertiary/aromatic N) is 3. The van der Waals surface area contributed by atoms with Crippen LogP contribution >= 0.6 is 0 Å². The number of hydrogen-bond acceptors (Lipinski definition) is 4. The van der Waals surface area contributed by atoms with Crippen LogP contribution in [0.1, 0.15) is 10.4 Å². The van der Waals surface area contributed by atoms with Crippen molar-refractivity contribution in [3.8, 4) is 11.3 Å². The number of carbonyl (C=O) groups excluding carboxylic acids is 1. The van der Waals surface area contributed by atoms with E-state index in [0.29, 0.717) is 11.4 Å². The van der Waals surface area contributed by atoms with Gasteiger partial charge in [0.25, 0.3) is 5.91 Å². The summed E-state index contributed by atoms with van der Waals surface area (Å²) >= 11 is 0. The van der Waals surface area contributed by atoms with Crippen molar-refractivity contribution in [3.63, 3.8) is 0 Å². The van der Waals surface area contributed by atoms with Gasteiger partial charge in [0, 0.05) is 42.5 Å². The Hall–Kier alpha value is -2.92. The fourth-order valence-corrected chi connectivity index (χ4v) is 3.56. The molecule has 0 saturated carbocycles. The Bertz CT molecular complexity index is 947. The molecule has 1 aliphatic rings. The Morgan fingerprint density at radius 2 is 1.54 bits per heavy atom. The second-order valence-electron chi connectivity index (χ2n) is 6.73. The first-order chi connectivity index (χ1) is 12.6. The first-order valence-electron chi connectivity index (χ1n) is 8.86. The van der Waals surface area contributed by atoms with E-state index in [-0.39, 0.29) is 0 Å². The average Bonchev–Trinajstić information content (AvgIpc) is 2.68. The molecule has 5 nitrogen and oxygen atoms in total. The van der Waals surface area contributed by atoms with Crippen LogP contribution in [0.4, 0.5) is 5.82 Å². The first-order valence-corrected chi connectivity index (χ1v) is 8.86. The van der Waals surface area contributed by atoms with E-state index in [1.54, 1.807) is 0 Å². The number of hydrogen-bond donors (Lipinski definition) is 1. The maximum Gasteiger partial charge on any atom is 0.253 e. The molecular formula is C21H22N4O. The molecule has 5 heteroatoms. The van der Waals surface area contributed by atoms with Crippen molar-refractivity contribution in [1.82, 2.24) is 9.88 Å². The first kappa shape index (κ1) is 16.5. The topological polar surface area (TPSA) is 62.5 Å². The summed E-state index contributed by atoms with van der Waals surface area (Å²) in [6.07, 6.45) is 0. The van der Waals surface area contributed by atoms with E-state index in [1.165, 1.54) is 0 Å². The van der Waals surface area contributed by atoms with Crippen molar-refractivity contribution in [2.45, 2.75) is 0 Å². The maximum absolute atomic E-state index is 12.3. The number of likely N-dealkylation sites (N-methyl/N-ethyl adjacent to an activating group) is 1. The molecule has 1 fully saturated rings. The highest BCUT2D eigenvalue weighted by atomic mass is 16.1. The van der Waals surface area contributed by atoms with Crippen LogP contribution in [0.2, 0.25) is 0 Å². The Balaban J connectivity index is 1.98. The monoisotopic (exact) mass is 346 g/mol. The summed E-state index contributed by atoms with van der Waals surface area (Å²) in [5.74, 6) is 0.269. The Labute approximate surface area is 153 Å². The van der Waals surface area contributed by atoms with Gasteiger partial charge in [-0.2, -0.15) is 0 Å². The van der Waals surface area contributed by atoms with E-state index in [9.17, 15) is 4.79 Å². The molecule has 1 saturated heterocycles. The predicted octanol–water partition coefficient (Wildman–Crippen LogP) is 2.75. The molecule has 1 aliphatic heterocycles. The molecule has 0 bridgehead atoms. The summed E-state index contributed by atoms with van der Waals surface area (Å²) in [5, 5.41) is 1.81. The molecule has 1 amide bonds. The van der Waals surface area contributed by atoms with E-state index >= 15 is 0 Å². The molecule has 132 valence electrons. The molecular weight excluding hydrogens is 324 g/mol. The number of primary amides is 1. The van der Waals surface area contributed by atoms with Gasteiger partial charge in [0.2, 0.25) is 0 Å². The van der Waals surface area contributed by atoms with Crippen molar-refractivity contribution in [3.05, 3.63) is 60.2 Å². The highest BCUT2D eigenvalue weighted by molar-refractivity contribution is 6.13. The molecule has 0 atom stereocenters. The van der Waals surface area contributed by atoms with Gasteiger partial charge in [0.15, 0.2) is 0 Å². The van der Waals surface area contributed by atoms with Crippen molar-refractivity contribution in [1.29, 1.82) is 0 Å². The lowest BCUT2D eigenvalue weighted by molar-refractivity contribution is 0.100. The second kappa shape index (κ2) is 6.77. The summed E-state index contributed by atoms with van der Waals surface area (Å²) < 4.78 is 0. The lowest BCUT2D eigenvalue weighted by Gasteiger charge is -2.34. The maximum atomic E-state index is 12.3. The van der Waals surface area contributed by atoms with Crippen LogP contribution in [0.15, 0.2) is 54.6 Å². The van der Waals surface area contributed by atoms with E-state index in [1.807, 2.05) is 54.6 Å². The van der Waals surface area contributed by atoms with Gasteiger partial charge in [-0.3, -0.25) is 4.79 Å². The molecule has 26 heavy (non-hydrogen) atoms. The van der Waals surface area contributed by atoms with Crippen LogP contribution in [-0.2, 0) is 0 Å². The predicted molar refractivity (Wildman–Crippen MR) is 105 cm³/mol. The smallest absolute Gasteiger partial charge is 0.253 e. The molecule has 2 aromatic carbocycles. The number of fused-ring (bicyclic) bond motifs is 1. The highest BCUT2D eigenvalue weighted by Gasteiger charge is 2.24. The number of carbonyl (C=O) groups is 1. The highest BCUT2D eigenvalue weighted by Crippen LogP contribution is 2.34. The minimum absolute atomic E-state index is 0.428. The van der Waals surface area contributed by atoms with Crippen LogP contribution in [-0.4, -0.2) is 49.0 Å². The van der Waals surface area contributed by atoms with Crippen LogP contribution in [0, 0.1) is 0 Å². The number of pyridine rings is 1. The summed E-state index contributed by atoms with van der Waals surface area (Å²) in [6.45, 7) is 3.54. The molecule has 0 unspecified atom stereocenters. The van der Waals surface area contributed by atoms with Gasteiger partial charge in [-0.1, -0.05) is 54.6 Å². The number of aromatic nitrogens is 1. The number of rotatable bonds is 3. The number of piperazine rings is 1. The van der Waals surface area contributed by atoms with Gasteiger partial charge in [-0.25, -0.2) is 4.98 Å². The minimum atomic E-state index is -0.428. The fourth-order valence-electron chi connectivity index (χ4n) is 3.56. The summed E-state index contributed by atoms with van der Waals surface area (Å²) in [4.78, 5) is 21.7. The molecule has 1 aromatic heterocycles. The number of amides is 1. The van der Waals surface area contributed by atoms with Gasteiger partial charge in [0.05, 0.1) is 11.3 Å². The Morgan fingerprint density at radius 1 is 0.923 bits per heavy atom. The fraction of sp³-hybridized carbons (Fsp3) is 0.238. The Morgan fingerprint density at radius 3 is 2.19 bits per heavy atom. The van der Waals surface area contributed by atoms with Crippen LogP contribution in [0.5, 0.6) is 0 Å². The lowest BCUT2D eigenvalue weighted by atomic mass is 9.99. The minimum Gasteiger partial charge on any atom is -0.365 e. The van der Waals surface area contributed by atoms with Crippen LogP contribution in [0.25, 0.3) is 22.0 Å². The third-order valence-corrected chi connectivity index (χ3v) is 4.99. The molecule has 4 rings (SSSR count). The van der Waals surface area contributed by atoms with E-state index in [2.05, 4.69) is 16.8 Å².